The van der Waals surface area contributed by atoms with Crippen LogP contribution >= 0.6 is 0 Å². The van der Waals surface area contributed by atoms with Crippen molar-refractivity contribution in [3.05, 3.63) is 23.3 Å². The minimum atomic E-state index is -3.51. The highest BCUT2D eigenvalue weighted by Gasteiger charge is 2.18. The van der Waals surface area contributed by atoms with Crippen LogP contribution in [0.1, 0.15) is 30.9 Å². The number of hydrogen-bond donors (Lipinski definition) is 2. The lowest BCUT2D eigenvalue weighted by molar-refractivity contribution is 0.463. The molecule has 0 atom stereocenters. The molecular formula is C13H23N3O2S. The van der Waals surface area contributed by atoms with Gasteiger partial charge in [-0.3, -0.25) is 4.72 Å². The molecule has 0 bridgehead atoms. The standard InChI is InChI=1S/C13H23N3O2S/c1-5-6-9-16(4)19(17,18)15-12-8-7-10(2)13(14)11(12)3/h7-8,15H,5-6,9,14H2,1-4H3. The highest BCUT2D eigenvalue weighted by atomic mass is 32.2. The zero-order valence-electron chi connectivity index (χ0n) is 12.0. The van der Waals surface area contributed by atoms with Gasteiger partial charge in [-0.15, -0.1) is 0 Å². The van der Waals surface area contributed by atoms with E-state index in [1.807, 2.05) is 26.8 Å². The third kappa shape index (κ3) is 3.84. The van der Waals surface area contributed by atoms with Crippen LogP contribution in [0.25, 0.3) is 0 Å². The van der Waals surface area contributed by atoms with Gasteiger partial charge in [0.1, 0.15) is 0 Å². The summed E-state index contributed by atoms with van der Waals surface area (Å²) in [5, 5.41) is 0. The Labute approximate surface area is 116 Å². The zero-order valence-corrected chi connectivity index (χ0v) is 12.8. The molecule has 1 aromatic rings. The molecule has 108 valence electrons. The van der Waals surface area contributed by atoms with Gasteiger partial charge in [-0.2, -0.15) is 12.7 Å². The van der Waals surface area contributed by atoms with E-state index in [-0.39, 0.29) is 0 Å². The Balaban J connectivity index is 2.93. The maximum absolute atomic E-state index is 12.1. The van der Waals surface area contributed by atoms with Crippen LogP contribution < -0.4 is 10.5 Å². The van der Waals surface area contributed by atoms with Gasteiger partial charge in [0.15, 0.2) is 0 Å². The van der Waals surface area contributed by atoms with E-state index in [9.17, 15) is 8.42 Å². The highest BCUT2D eigenvalue weighted by molar-refractivity contribution is 7.90. The SMILES string of the molecule is CCCCN(C)S(=O)(=O)Nc1ccc(C)c(N)c1C. The number of hydrogen-bond acceptors (Lipinski definition) is 3. The number of unbranched alkanes of at least 4 members (excludes halogenated alkanes) is 1. The van der Waals surface area contributed by atoms with Crippen molar-refractivity contribution in [3.63, 3.8) is 0 Å². The Morgan fingerprint density at radius 1 is 1.32 bits per heavy atom. The molecular weight excluding hydrogens is 262 g/mol. The average molecular weight is 285 g/mol. The number of nitrogens with zero attached hydrogens (tertiary/aromatic N) is 1. The summed E-state index contributed by atoms with van der Waals surface area (Å²) in [7, 11) is -1.94. The lowest BCUT2D eigenvalue weighted by Gasteiger charge is -2.19. The van der Waals surface area contributed by atoms with Crippen LogP contribution in [0.2, 0.25) is 0 Å². The summed E-state index contributed by atoms with van der Waals surface area (Å²) in [6.07, 6.45) is 1.79. The zero-order chi connectivity index (χ0) is 14.6. The van der Waals surface area contributed by atoms with Gasteiger partial charge in [0.2, 0.25) is 0 Å². The number of nitrogens with two attached hydrogens (primary N) is 1. The lowest BCUT2D eigenvalue weighted by Crippen LogP contribution is -2.33. The first-order valence-electron chi connectivity index (χ1n) is 6.39. The normalized spacial score (nSPS) is 11.8. The van der Waals surface area contributed by atoms with E-state index in [4.69, 9.17) is 5.73 Å². The molecule has 19 heavy (non-hydrogen) atoms. The molecule has 0 heterocycles. The van der Waals surface area contributed by atoms with Crippen molar-refractivity contribution in [1.82, 2.24) is 4.31 Å². The van der Waals surface area contributed by atoms with Crippen LogP contribution in [0.15, 0.2) is 12.1 Å². The van der Waals surface area contributed by atoms with Crippen molar-refractivity contribution in [2.75, 3.05) is 24.0 Å². The summed E-state index contributed by atoms with van der Waals surface area (Å²) < 4.78 is 28.2. The topological polar surface area (TPSA) is 75.4 Å². The van der Waals surface area contributed by atoms with Gasteiger partial charge >= 0.3 is 10.2 Å². The second-order valence-corrected chi connectivity index (χ2v) is 6.53. The molecule has 0 fully saturated rings. The van der Waals surface area contributed by atoms with Crippen molar-refractivity contribution in [3.8, 4) is 0 Å². The predicted octanol–water partition coefficient (Wildman–Crippen LogP) is 2.27. The third-order valence-corrected chi connectivity index (χ3v) is 4.69. The largest absolute Gasteiger partial charge is 0.398 e. The Morgan fingerprint density at radius 2 is 1.95 bits per heavy atom. The Bertz CT molecular complexity index is 541. The van der Waals surface area contributed by atoms with Crippen molar-refractivity contribution in [2.45, 2.75) is 33.6 Å². The maximum Gasteiger partial charge on any atom is 0.301 e. The fourth-order valence-corrected chi connectivity index (χ4v) is 2.72. The highest BCUT2D eigenvalue weighted by Crippen LogP contribution is 2.25. The molecule has 0 aliphatic carbocycles. The lowest BCUT2D eigenvalue weighted by atomic mass is 10.1. The first-order chi connectivity index (χ1) is 8.79. The molecule has 0 unspecified atom stereocenters. The van der Waals surface area contributed by atoms with Crippen LogP contribution in [0.5, 0.6) is 0 Å². The van der Waals surface area contributed by atoms with Crippen molar-refractivity contribution in [2.24, 2.45) is 0 Å². The van der Waals surface area contributed by atoms with Crippen LogP contribution in [0, 0.1) is 13.8 Å². The van der Waals surface area contributed by atoms with Crippen molar-refractivity contribution < 1.29 is 8.42 Å². The fourth-order valence-electron chi connectivity index (χ4n) is 1.69. The monoisotopic (exact) mass is 285 g/mol. The van der Waals surface area contributed by atoms with Crippen LogP contribution in [-0.2, 0) is 10.2 Å². The molecule has 0 saturated heterocycles. The molecule has 0 saturated carbocycles. The smallest absolute Gasteiger partial charge is 0.301 e. The second kappa shape index (κ2) is 6.25. The number of anilines is 2. The minimum absolute atomic E-state index is 0.506. The second-order valence-electron chi connectivity index (χ2n) is 4.75. The number of aryl methyl sites for hydroxylation is 1. The Kier molecular flexibility index (Phi) is 5.20. The van der Waals surface area contributed by atoms with Crippen molar-refractivity contribution >= 4 is 21.6 Å². The number of benzene rings is 1. The number of nitrogen functional groups attached to an aromatic ring is 1. The van der Waals surface area contributed by atoms with E-state index >= 15 is 0 Å². The third-order valence-electron chi connectivity index (χ3n) is 3.21. The van der Waals surface area contributed by atoms with Gasteiger partial charge in [0.05, 0.1) is 5.69 Å². The number of nitrogens with one attached hydrogen (secondary N) is 1. The van der Waals surface area contributed by atoms with Crippen LogP contribution in [0.3, 0.4) is 0 Å². The summed E-state index contributed by atoms with van der Waals surface area (Å²) in [4.78, 5) is 0. The quantitative estimate of drug-likeness (QED) is 0.787. The van der Waals surface area contributed by atoms with Crippen LogP contribution in [0.4, 0.5) is 11.4 Å². The molecule has 0 aromatic heterocycles. The van der Waals surface area contributed by atoms with Gasteiger partial charge in [-0.1, -0.05) is 19.4 Å². The molecule has 6 heteroatoms. The van der Waals surface area contributed by atoms with E-state index < -0.39 is 10.2 Å². The summed E-state index contributed by atoms with van der Waals surface area (Å²) in [6, 6.07) is 3.55. The van der Waals surface area contributed by atoms with E-state index in [0.717, 1.165) is 24.0 Å². The van der Waals surface area contributed by atoms with Gasteiger partial charge in [-0.05, 0) is 37.5 Å². The summed E-state index contributed by atoms with van der Waals surface area (Å²) in [6.45, 7) is 6.24. The molecule has 0 spiro atoms. The van der Waals surface area contributed by atoms with E-state index in [1.54, 1.807) is 13.1 Å². The van der Waals surface area contributed by atoms with Crippen LogP contribution in [-0.4, -0.2) is 26.3 Å². The molecule has 0 amide bonds. The summed E-state index contributed by atoms with van der Waals surface area (Å²) in [5.74, 6) is 0. The average Bonchev–Trinajstić information content (AvgIpc) is 2.36. The molecule has 1 aromatic carbocycles. The number of rotatable bonds is 6. The predicted molar refractivity (Wildman–Crippen MR) is 80.4 cm³/mol. The van der Waals surface area contributed by atoms with E-state index in [0.29, 0.717) is 17.9 Å². The first kappa shape index (κ1) is 15.8. The van der Waals surface area contributed by atoms with Gasteiger partial charge < -0.3 is 5.73 Å². The minimum Gasteiger partial charge on any atom is -0.398 e. The molecule has 0 aliphatic heterocycles. The van der Waals surface area contributed by atoms with Crippen molar-refractivity contribution in [1.29, 1.82) is 0 Å². The molecule has 0 radical (unpaired) electrons. The van der Waals surface area contributed by atoms with E-state index in [2.05, 4.69) is 4.72 Å². The summed E-state index contributed by atoms with van der Waals surface area (Å²) >= 11 is 0. The molecule has 5 nitrogen and oxygen atoms in total. The van der Waals surface area contributed by atoms with Gasteiger partial charge in [0.25, 0.3) is 0 Å². The summed E-state index contributed by atoms with van der Waals surface area (Å²) in [5.41, 5.74) is 8.77. The molecule has 1 rings (SSSR count). The van der Waals surface area contributed by atoms with Gasteiger partial charge in [-0.25, -0.2) is 0 Å². The fraction of sp³-hybridized carbons (Fsp3) is 0.538. The molecule has 3 N–H and O–H groups in total. The Hall–Kier alpha value is -1.27. The Morgan fingerprint density at radius 3 is 2.53 bits per heavy atom. The van der Waals surface area contributed by atoms with E-state index in [1.165, 1.54) is 4.31 Å². The van der Waals surface area contributed by atoms with Gasteiger partial charge in [0, 0.05) is 19.3 Å². The molecule has 0 aliphatic rings. The maximum atomic E-state index is 12.1. The first-order valence-corrected chi connectivity index (χ1v) is 7.83.